The summed E-state index contributed by atoms with van der Waals surface area (Å²) in [5.74, 6) is 0.309. The average molecular weight is 286 g/mol. The van der Waals surface area contributed by atoms with E-state index >= 15 is 0 Å². The molecule has 1 heterocycles. The number of ether oxygens (including phenoxy) is 1. The van der Waals surface area contributed by atoms with E-state index in [4.69, 9.17) is 10.5 Å². The Morgan fingerprint density at radius 2 is 2.05 bits per heavy atom. The maximum absolute atomic E-state index is 11.7. The molecule has 7 heteroatoms. The number of hydrogen-bond acceptors (Lipinski definition) is 5. The predicted octanol–water partition coefficient (Wildman–Crippen LogP) is -0.482. The number of carbonyl (C=O) groups excluding carboxylic acids is 2. The minimum atomic E-state index is -0.793. The Morgan fingerprint density at radius 3 is 2.60 bits per heavy atom. The van der Waals surface area contributed by atoms with Gasteiger partial charge in [-0.2, -0.15) is 0 Å². The topological polar surface area (TPSA) is 96.7 Å². The van der Waals surface area contributed by atoms with Crippen LogP contribution in [0.15, 0.2) is 0 Å². The highest BCUT2D eigenvalue weighted by atomic mass is 16.5. The quantitative estimate of drug-likeness (QED) is 0.549. The number of piperidine rings is 1. The molecule has 1 rings (SSSR count). The minimum absolute atomic E-state index is 0.315. The van der Waals surface area contributed by atoms with E-state index in [1.54, 1.807) is 14.0 Å². The van der Waals surface area contributed by atoms with Gasteiger partial charge in [0.2, 0.25) is 5.91 Å². The highest BCUT2D eigenvalue weighted by Gasteiger charge is 2.26. The number of amides is 3. The first-order valence-corrected chi connectivity index (χ1v) is 7.08. The van der Waals surface area contributed by atoms with Gasteiger partial charge in [0.25, 0.3) is 0 Å². The Labute approximate surface area is 120 Å². The number of urea groups is 1. The summed E-state index contributed by atoms with van der Waals surface area (Å²) in [6, 6.07) is -1.11. The predicted molar refractivity (Wildman–Crippen MR) is 76.2 cm³/mol. The summed E-state index contributed by atoms with van der Waals surface area (Å²) in [5.41, 5.74) is 4.95. The van der Waals surface area contributed by atoms with Crippen molar-refractivity contribution in [3.63, 3.8) is 0 Å². The zero-order valence-corrected chi connectivity index (χ0v) is 12.4. The van der Waals surface area contributed by atoms with E-state index < -0.39 is 6.03 Å². The molecule has 1 unspecified atom stereocenters. The van der Waals surface area contributed by atoms with Crippen molar-refractivity contribution in [2.24, 2.45) is 11.7 Å². The number of imide groups is 1. The molecule has 0 aliphatic carbocycles. The van der Waals surface area contributed by atoms with Gasteiger partial charge in [-0.15, -0.1) is 0 Å². The molecule has 0 radical (unpaired) electrons. The number of hydrogen-bond donors (Lipinski definition) is 3. The molecular formula is C13H26N4O3. The van der Waals surface area contributed by atoms with E-state index in [0.29, 0.717) is 5.92 Å². The average Bonchev–Trinajstić information content (AvgIpc) is 2.43. The van der Waals surface area contributed by atoms with E-state index in [1.807, 2.05) is 0 Å². The molecule has 0 aromatic rings. The van der Waals surface area contributed by atoms with Crippen molar-refractivity contribution in [1.82, 2.24) is 15.5 Å². The van der Waals surface area contributed by atoms with Crippen molar-refractivity contribution in [2.75, 3.05) is 39.9 Å². The molecule has 0 aromatic carbocycles. The number of primary amides is 1. The van der Waals surface area contributed by atoms with E-state index in [-0.39, 0.29) is 11.9 Å². The molecule has 7 nitrogen and oxygen atoms in total. The van der Waals surface area contributed by atoms with Crippen LogP contribution in [0.3, 0.4) is 0 Å². The highest BCUT2D eigenvalue weighted by molar-refractivity contribution is 5.96. The fourth-order valence-corrected chi connectivity index (χ4v) is 2.42. The van der Waals surface area contributed by atoms with Crippen LogP contribution < -0.4 is 16.4 Å². The Morgan fingerprint density at radius 1 is 1.40 bits per heavy atom. The van der Waals surface area contributed by atoms with Crippen molar-refractivity contribution < 1.29 is 14.3 Å². The van der Waals surface area contributed by atoms with Gasteiger partial charge in [-0.1, -0.05) is 0 Å². The lowest BCUT2D eigenvalue weighted by molar-refractivity contribution is -0.125. The summed E-state index contributed by atoms with van der Waals surface area (Å²) in [6.45, 7) is 6.11. The first kappa shape index (κ1) is 16.9. The van der Waals surface area contributed by atoms with Gasteiger partial charge in [-0.3, -0.25) is 15.0 Å². The number of nitrogens with two attached hydrogens (primary N) is 1. The van der Waals surface area contributed by atoms with Crippen LogP contribution in [-0.2, 0) is 9.53 Å². The molecule has 1 fully saturated rings. The molecule has 1 saturated heterocycles. The van der Waals surface area contributed by atoms with Crippen LogP contribution in [-0.4, -0.2) is 62.8 Å². The Bertz CT molecular complexity index is 317. The molecule has 3 amide bonds. The minimum Gasteiger partial charge on any atom is -0.383 e. The van der Waals surface area contributed by atoms with Crippen molar-refractivity contribution in [3.05, 3.63) is 0 Å². The lowest BCUT2D eigenvalue weighted by atomic mass is 9.95. The fraction of sp³-hybridized carbons (Fsp3) is 0.846. The highest BCUT2D eigenvalue weighted by Crippen LogP contribution is 2.18. The number of rotatable bonds is 7. The van der Waals surface area contributed by atoms with Gasteiger partial charge in [0.1, 0.15) is 0 Å². The maximum atomic E-state index is 11.7. The summed E-state index contributed by atoms with van der Waals surface area (Å²) in [7, 11) is 1.69. The standard InChI is InChI=1S/C13H26N4O3/c1-10(12(18)16-13(14)19)17-6-3-11(4-7-17)9-15-5-8-20-2/h10-11,15H,3-9H2,1-2H3,(H3,14,16,18,19). The third-order valence-corrected chi connectivity index (χ3v) is 3.74. The van der Waals surface area contributed by atoms with Gasteiger partial charge in [0, 0.05) is 13.7 Å². The van der Waals surface area contributed by atoms with Crippen LogP contribution in [0, 0.1) is 5.92 Å². The van der Waals surface area contributed by atoms with Crippen LogP contribution in [0.2, 0.25) is 0 Å². The van der Waals surface area contributed by atoms with Crippen molar-refractivity contribution in [1.29, 1.82) is 0 Å². The number of carbonyl (C=O) groups is 2. The normalized spacial score (nSPS) is 18.7. The smallest absolute Gasteiger partial charge is 0.318 e. The van der Waals surface area contributed by atoms with Gasteiger partial charge >= 0.3 is 6.03 Å². The van der Waals surface area contributed by atoms with E-state index in [1.165, 1.54) is 0 Å². The molecule has 4 N–H and O–H groups in total. The van der Waals surface area contributed by atoms with Crippen LogP contribution in [0.1, 0.15) is 19.8 Å². The fourth-order valence-electron chi connectivity index (χ4n) is 2.42. The van der Waals surface area contributed by atoms with Gasteiger partial charge < -0.3 is 15.8 Å². The molecular weight excluding hydrogens is 260 g/mol. The first-order valence-electron chi connectivity index (χ1n) is 7.08. The Balaban J connectivity index is 2.24. The lowest BCUT2D eigenvalue weighted by Gasteiger charge is -2.35. The van der Waals surface area contributed by atoms with Crippen LogP contribution >= 0.6 is 0 Å². The molecule has 0 bridgehead atoms. The zero-order chi connectivity index (χ0) is 15.0. The summed E-state index contributed by atoms with van der Waals surface area (Å²) >= 11 is 0. The van der Waals surface area contributed by atoms with E-state index in [9.17, 15) is 9.59 Å². The number of nitrogens with zero attached hydrogens (tertiary/aromatic N) is 1. The van der Waals surface area contributed by atoms with Gasteiger partial charge in [-0.05, 0) is 45.3 Å². The lowest BCUT2D eigenvalue weighted by Crippen LogP contribution is -2.51. The molecule has 20 heavy (non-hydrogen) atoms. The third kappa shape index (κ3) is 5.85. The zero-order valence-electron chi connectivity index (χ0n) is 12.4. The molecule has 1 aliphatic rings. The molecule has 0 spiro atoms. The Kier molecular flexibility index (Phi) is 7.50. The van der Waals surface area contributed by atoms with E-state index in [2.05, 4.69) is 15.5 Å². The van der Waals surface area contributed by atoms with Crippen molar-refractivity contribution in [3.8, 4) is 0 Å². The third-order valence-electron chi connectivity index (χ3n) is 3.74. The summed E-state index contributed by atoms with van der Waals surface area (Å²) in [5, 5.41) is 5.50. The molecule has 0 saturated carbocycles. The maximum Gasteiger partial charge on any atom is 0.318 e. The van der Waals surface area contributed by atoms with Crippen LogP contribution in [0.5, 0.6) is 0 Å². The molecule has 116 valence electrons. The SMILES string of the molecule is COCCNCC1CCN(C(C)C(=O)NC(N)=O)CC1. The molecule has 1 aliphatic heterocycles. The van der Waals surface area contributed by atoms with Crippen molar-refractivity contribution >= 4 is 11.9 Å². The number of nitrogens with one attached hydrogen (secondary N) is 2. The second-order valence-corrected chi connectivity index (χ2v) is 5.21. The summed E-state index contributed by atoms with van der Waals surface area (Å²) in [4.78, 5) is 24.5. The number of likely N-dealkylation sites (tertiary alicyclic amines) is 1. The Hall–Kier alpha value is -1.18. The largest absolute Gasteiger partial charge is 0.383 e. The summed E-state index contributed by atoms with van der Waals surface area (Å²) < 4.78 is 4.98. The molecule has 1 atom stereocenters. The van der Waals surface area contributed by atoms with Gasteiger partial charge in [0.15, 0.2) is 0 Å². The summed E-state index contributed by atoms with van der Waals surface area (Å²) in [6.07, 6.45) is 2.10. The van der Waals surface area contributed by atoms with Crippen molar-refractivity contribution in [2.45, 2.75) is 25.8 Å². The van der Waals surface area contributed by atoms with Gasteiger partial charge in [-0.25, -0.2) is 4.79 Å². The molecule has 0 aromatic heterocycles. The first-order chi connectivity index (χ1) is 9.54. The van der Waals surface area contributed by atoms with Crippen LogP contribution in [0.4, 0.5) is 4.79 Å². The van der Waals surface area contributed by atoms with Gasteiger partial charge in [0.05, 0.1) is 12.6 Å². The monoisotopic (exact) mass is 286 g/mol. The van der Waals surface area contributed by atoms with E-state index in [0.717, 1.165) is 45.6 Å². The van der Waals surface area contributed by atoms with Crippen LogP contribution in [0.25, 0.3) is 0 Å². The second kappa shape index (κ2) is 8.89. The number of methoxy groups -OCH3 is 1. The second-order valence-electron chi connectivity index (χ2n) is 5.21.